The molecule has 1 atom stereocenters. The summed E-state index contributed by atoms with van der Waals surface area (Å²) in [7, 11) is -3.82. The predicted octanol–water partition coefficient (Wildman–Crippen LogP) is 2.76. The van der Waals surface area contributed by atoms with Crippen molar-refractivity contribution in [3.8, 4) is 5.75 Å². The zero-order chi connectivity index (χ0) is 14.6. The van der Waals surface area contributed by atoms with E-state index in [0.717, 1.165) is 11.8 Å². The zero-order valence-electron chi connectivity index (χ0n) is 10.9. The van der Waals surface area contributed by atoms with E-state index < -0.39 is 10.1 Å². The van der Waals surface area contributed by atoms with E-state index in [1.54, 1.807) is 37.3 Å². The fourth-order valence-electron chi connectivity index (χ4n) is 1.67. The van der Waals surface area contributed by atoms with Gasteiger partial charge in [-0.15, -0.1) is 0 Å². The molecular formula is C15H14O4S. The van der Waals surface area contributed by atoms with Gasteiger partial charge in [0.1, 0.15) is 16.9 Å². The Morgan fingerprint density at radius 3 is 2.15 bits per heavy atom. The van der Waals surface area contributed by atoms with Gasteiger partial charge < -0.3 is 8.98 Å². The lowest BCUT2D eigenvalue weighted by Crippen LogP contribution is -2.09. The van der Waals surface area contributed by atoms with Gasteiger partial charge in [-0.1, -0.05) is 37.3 Å². The monoisotopic (exact) mass is 290 g/mol. The number of rotatable bonds is 5. The van der Waals surface area contributed by atoms with Crippen LogP contribution in [0.4, 0.5) is 0 Å². The van der Waals surface area contributed by atoms with Gasteiger partial charge in [-0.3, -0.25) is 0 Å². The summed E-state index contributed by atoms with van der Waals surface area (Å²) in [6.45, 7) is 1.77. The van der Waals surface area contributed by atoms with Crippen molar-refractivity contribution in [3.63, 3.8) is 0 Å². The SMILES string of the molecule is CC(C=O)c1ccc(OS(=O)(=O)c2ccccc2)cc1. The molecule has 0 amide bonds. The normalized spacial score (nSPS) is 12.7. The molecule has 0 bridgehead atoms. The van der Waals surface area contributed by atoms with Crippen molar-refractivity contribution in [2.24, 2.45) is 0 Å². The highest BCUT2D eigenvalue weighted by Gasteiger charge is 2.16. The van der Waals surface area contributed by atoms with Gasteiger partial charge in [-0.25, -0.2) is 0 Å². The summed E-state index contributed by atoms with van der Waals surface area (Å²) in [6.07, 6.45) is 0.830. The van der Waals surface area contributed by atoms with Crippen molar-refractivity contribution in [2.45, 2.75) is 17.7 Å². The molecule has 0 saturated carbocycles. The van der Waals surface area contributed by atoms with Gasteiger partial charge in [-0.2, -0.15) is 8.42 Å². The average Bonchev–Trinajstić information content (AvgIpc) is 2.48. The Labute approximate surface area is 118 Å². The molecule has 0 aliphatic rings. The van der Waals surface area contributed by atoms with Crippen LogP contribution in [-0.4, -0.2) is 14.7 Å². The minimum absolute atomic E-state index is 0.102. The lowest BCUT2D eigenvalue weighted by Gasteiger charge is -2.08. The summed E-state index contributed by atoms with van der Waals surface area (Å²) in [5.74, 6) is -0.00881. The molecule has 2 rings (SSSR count). The maximum absolute atomic E-state index is 12.0. The van der Waals surface area contributed by atoms with Crippen LogP contribution in [0, 0.1) is 0 Å². The maximum atomic E-state index is 12.0. The molecule has 2 aromatic carbocycles. The fourth-order valence-corrected chi connectivity index (χ4v) is 2.62. The highest BCUT2D eigenvalue weighted by Crippen LogP contribution is 2.21. The minimum atomic E-state index is -3.82. The van der Waals surface area contributed by atoms with E-state index in [1.165, 1.54) is 24.3 Å². The van der Waals surface area contributed by atoms with E-state index in [9.17, 15) is 13.2 Å². The van der Waals surface area contributed by atoms with Crippen LogP contribution in [0.15, 0.2) is 59.5 Å². The van der Waals surface area contributed by atoms with Crippen LogP contribution in [-0.2, 0) is 14.9 Å². The lowest BCUT2D eigenvalue weighted by molar-refractivity contribution is -0.108. The molecule has 5 heteroatoms. The Hall–Kier alpha value is -2.14. The number of carbonyl (C=O) groups excluding carboxylic acids is 1. The number of aldehydes is 1. The lowest BCUT2D eigenvalue weighted by atomic mass is 10.0. The van der Waals surface area contributed by atoms with E-state index in [4.69, 9.17) is 4.18 Å². The van der Waals surface area contributed by atoms with Crippen LogP contribution >= 0.6 is 0 Å². The van der Waals surface area contributed by atoms with Crippen LogP contribution < -0.4 is 4.18 Å². The topological polar surface area (TPSA) is 60.4 Å². The minimum Gasteiger partial charge on any atom is -0.379 e. The van der Waals surface area contributed by atoms with Crippen LogP contribution in [0.3, 0.4) is 0 Å². The second kappa shape index (κ2) is 5.88. The van der Waals surface area contributed by atoms with E-state index in [2.05, 4.69) is 0 Å². The van der Waals surface area contributed by atoms with Crippen LogP contribution in [0.5, 0.6) is 5.75 Å². The van der Waals surface area contributed by atoms with Crippen molar-refractivity contribution in [1.29, 1.82) is 0 Å². The molecule has 0 N–H and O–H groups in total. The van der Waals surface area contributed by atoms with Crippen LogP contribution in [0.2, 0.25) is 0 Å². The molecule has 0 spiro atoms. The standard InChI is InChI=1S/C15H14O4S/c1-12(11-16)13-7-9-14(10-8-13)19-20(17,18)15-5-3-2-4-6-15/h2-12H,1H3. The summed E-state index contributed by atoms with van der Waals surface area (Å²) in [5, 5.41) is 0. The Bertz CT molecular complexity index is 676. The van der Waals surface area contributed by atoms with Crippen LogP contribution in [0.1, 0.15) is 18.4 Å². The summed E-state index contributed by atoms with van der Waals surface area (Å²) >= 11 is 0. The first-order chi connectivity index (χ1) is 9.53. The first-order valence-electron chi connectivity index (χ1n) is 6.08. The zero-order valence-corrected chi connectivity index (χ0v) is 11.7. The molecule has 0 fully saturated rings. The van der Waals surface area contributed by atoms with E-state index in [1.807, 2.05) is 0 Å². The molecule has 4 nitrogen and oxygen atoms in total. The maximum Gasteiger partial charge on any atom is 0.339 e. The van der Waals surface area contributed by atoms with Crippen molar-refractivity contribution < 1.29 is 17.4 Å². The molecule has 0 saturated heterocycles. The fraction of sp³-hybridized carbons (Fsp3) is 0.133. The number of carbonyl (C=O) groups is 1. The van der Waals surface area contributed by atoms with Crippen LogP contribution in [0.25, 0.3) is 0 Å². The second-order valence-electron chi connectivity index (χ2n) is 4.34. The molecule has 104 valence electrons. The first-order valence-corrected chi connectivity index (χ1v) is 7.48. The molecule has 0 aliphatic heterocycles. The third kappa shape index (κ3) is 3.24. The average molecular weight is 290 g/mol. The molecular weight excluding hydrogens is 276 g/mol. The van der Waals surface area contributed by atoms with Crippen molar-refractivity contribution in [1.82, 2.24) is 0 Å². The summed E-state index contributed by atoms with van der Waals surface area (Å²) in [4.78, 5) is 10.8. The smallest absolute Gasteiger partial charge is 0.339 e. The Morgan fingerprint density at radius 2 is 1.60 bits per heavy atom. The Balaban J connectivity index is 2.20. The summed E-state index contributed by atoms with van der Waals surface area (Å²) in [5.41, 5.74) is 0.810. The highest BCUT2D eigenvalue weighted by molar-refractivity contribution is 7.87. The molecule has 0 aromatic heterocycles. The van der Waals surface area contributed by atoms with Gasteiger partial charge in [0.2, 0.25) is 0 Å². The molecule has 20 heavy (non-hydrogen) atoms. The first kappa shape index (κ1) is 14.3. The van der Waals surface area contributed by atoms with E-state index in [-0.39, 0.29) is 16.6 Å². The molecule has 0 heterocycles. The van der Waals surface area contributed by atoms with Gasteiger partial charge in [0, 0.05) is 5.92 Å². The number of hydrogen-bond donors (Lipinski definition) is 0. The summed E-state index contributed by atoms with van der Waals surface area (Å²) < 4.78 is 29.0. The molecule has 0 aliphatic carbocycles. The van der Waals surface area contributed by atoms with Crippen molar-refractivity contribution in [2.75, 3.05) is 0 Å². The predicted molar refractivity (Wildman–Crippen MR) is 75.2 cm³/mol. The second-order valence-corrected chi connectivity index (χ2v) is 5.89. The Morgan fingerprint density at radius 1 is 1.00 bits per heavy atom. The van der Waals surface area contributed by atoms with Gasteiger partial charge in [-0.05, 0) is 29.8 Å². The van der Waals surface area contributed by atoms with Crippen molar-refractivity contribution >= 4 is 16.4 Å². The van der Waals surface area contributed by atoms with Crippen molar-refractivity contribution in [3.05, 3.63) is 60.2 Å². The third-order valence-electron chi connectivity index (χ3n) is 2.85. The largest absolute Gasteiger partial charge is 0.379 e. The van der Waals surface area contributed by atoms with E-state index >= 15 is 0 Å². The van der Waals surface area contributed by atoms with E-state index in [0.29, 0.717) is 0 Å². The number of benzene rings is 2. The number of hydrogen-bond acceptors (Lipinski definition) is 4. The third-order valence-corrected chi connectivity index (χ3v) is 4.11. The summed E-state index contributed by atoms with van der Waals surface area (Å²) in [6, 6.07) is 14.4. The van der Waals surface area contributed by atoms with Gasteiger partial charge in [0.05, 0.1) is 0 Å². The quantitative estimate of drug-likeness (QED) is 0.627. The van der Waals surface area contributed by atoms with Gasteiger partial charge >= 0.3 is 10.1 Å². The molecule has 1 unspecified atom stereocenters. The van der Waals surface area contributed by atoms with Gasteiger partial charge in [0.25, 0.3) is 0 Å². The molecule has 0 radical (unpaired) electrons. The Kier molecular flexibility index (Phi) is 4.20. The van der Waals surface area contributed by atoms with Gasteiger partial charge in [0.15, 0.2) is 0 Å². The highest BCUT2D eigenvalue weighted by atomic mass is 32.2. The molecule has 2 aromatic rings.